The molecular weight excluding hydrogens is 374 g/mol. The van der Waals surface area contributed by atoms with E-state index in [4.69, 9.17) is 9.47 Å². The molecule has 2 aromatic heterocycles. The topological polar surface area (TPSA) is 92.3 Å². The molecule has 0 saturated carbocycles. The van der Waals surface area contributed by atoms with Gasteiger partial charge in [0.2, 0.25) is 0 Å². The molecule has 28 heavy (non-hydrogen) atoms. The van der Waals surface area contributed by atoms with Crippen LogP contribution in [0.3, 0.4) is 0 Å². The lowest BCUT2D eigenvalue weighted by molar-refractivity contribution is -0.389. The van der Waals surface area contributed by atoms with Gasteiger partial charge in [-0.05, 0) is 28.7 Å². The molecule has 144 valence electrons. The van der Waals surface area contributed by atoms with Crippen LogP contribution in [0.15, 0.2) is 42.7 Å². The monoisotopic (exact) mass is 388 g/mol. The van der Waals surface area contributed by atoms with Crippen molar-refractivity contribution < 1.29 is 23.2 Å². The van der Waals surface area contributed by atoms with Crippen LogP contribution in [0.5, 0.6) is 6.01 Å². The third kappa shape index (κ3) is 3.67. The van der Waals surface area contributed by atoms with E-state index in [9.17, 15) is 18.9 Å². The van der Waals surface area contributed by atoms with Crippen molar-refractivity contribution >= 4 is 5.82 Å². The van der Waals surface area contributed by atoms with Gasteiger partial charge in [0.25, 0.3) is 0 Å². The Balaban J connectivity index is 1.38. The number of halogens is 2. The van der Waals surface area contributed by atoms with E-state index in [1.807, 2.05) is 0 Å². The van der Waals surface area contributed by atoms with Crippen LogP contribution < -0.4 is 4.74 Å². The van der Waals surface area contributed by atoms with Gasteiger partial charge in [0, 0.05) is 22.8 Å². The van der Waals surface area contributed by atoms with E-state index in [1.54, 1.807) is 18.3 Å². The molecule has 0 spiro atoms. The van der Waals surface area contributed by atoms with Crippen LogP contribution in [0.1, 0.15) is 5.56 Å². The molecule has 4 rings (SSSR count). The van der Waals surface area contributed by atoms with E-state index in [0.29, 0.717) is 12.2 Å². The Bertz CT molecular complexity index is 1020. The lowest BCUT2D eigenvalue weighted by atomic mass is 10.1. The highest BCUT2D eigenvalue weighted by Crippen LogP contribution is 2.24. The first kappa shape index (κ1) is 18.0. The second-order valence-electron chi connectivity index (χ2n) is 6.21. The van der Waals surface area contributed by atoms with Crippen LogP contribution in [0.25, 0.3) is 11.3 Å². The average molecular weight is 388 g/mol. The number of benzene rings is 1. The maximum atomic E-state index is 13.8. The summed E-state index contributed by atoms with van der Waals surface area (Å²) in [4.78, 5) is 18.2. The van der Waals surface area contributed by atoms with Crippen molar-refractivity contribution in [2.45, 2.75) is 19.3 Å². The minimum absolute atomic E-state index is 0.193. The highest BCUT2D eigenvalue weighted by Gasteiger charge is 2.28. The molecule has 0 bridgehead atoms. The minimum atomic E-state index is -0.680. The molecule has 0 fully saturated rings. The fourth-order valence-corrected chi connectivity index (χ4v) is 2.84. The molecule has 0 saturated heterocycles. The summed E-state index contributed by atoms with van der Waals surface area (Å²) in [6.45, 7) is 0.836. The number of rotatable bonds is 5. The molecular formula is C18H14F2N4O4. The number of aromatic nitrogens is 3. The third-order valence-corrected chi connectivity index (χ3v) is 4.23. The fraction of sp³-hybridized carbons (Fsp3) is 0.222. The van der Waals surface area contributed by atoms with Gasteiger partial charge in [-0.25, -0.2) is 8.78 Å². The predicted molar refractivity (Wildman–Crippen MR) is 92.5 cm³/mol. The van der Waals surface area contributed by atoms with Gasteiger partial charge in [-0.1, -0.05) is 6.07 Å². The zero-order chi connectivity index (χ0) is 19.7. The van der Waals surface area contributed by atoms with Crippen LogP contribution in [0, 0.1) is 21.7 Å². The molecule has 0 aliphatic carbocycles. The quantitative estimate of drug-likeness (QED) is 0.493. The van der Waals surface area contributed by atoms with Crippen LogP contribution in [-0.4, -0.2) is 32.2 Å². The molecule has 0 unspecified atom stereocenters. The van der Waals surface area contributed by atoms with Crippen molar-refractivity contribution in [1.82, 2.24) is 14.5 Å². The highest BCUT2D eigenvalue weighted by atomic mass is 19.1. The van der Waals surface area contributed by atoms with E-state index in [0.717, 1.165) is 11.6 Å². The Morgan fingerprint density at radius 2 is 2.18 bits per heavy atom. The van der Waals surface area contributed by atoms with E-state index in [2.05, 4.69) is 9.97 Å². The van der Waals surface area contributed by atoms with Crippen molar-refractivity contribution in [3.05, 3.63) is 70.0 Å². The number of imidazole rings is 1. The molecule has 0 radical (unpaired) electrons. The normalized spacial score (nSPS) is 15.7. The number of nitrogens with zero attached hydrogens (tertiary/aromatic N) is 4. The van der Waals surface area contributed by atoms with Crippen LogP contribution in [-0.2, 0) is 17.9 Å². The van der Waals surface area contributed by atoms with E-state index >= 15 is 0 Å². The average Bonchev–Trinajstić information content (AvgIpc) is 3.11. The van der Waals surface area contributed by atoms with Gasteiger partial charge in [-0.2, -0.15) is 0 Å². The number of fused-ring (bicyclic) bond motifs is 1. The minimum Gasteiger partial charge on any atom is -0.443 e. The smallest absolute Gasteiger partial charge is 0.414 e. The molecule has 1 aliphatic heterocycles. The molecule has 1 aromatic carbocycles. The van der Waals surface area contributed by atoms with Gasteiger partial charge < -0.3 is 19.6 Å². The number of hydrogen-bond donors (Lipinski definition) is 0. The lowest BCUT2D eigenvalue weighted by Crippen LogP contribution is -2.32. The fourth-order valence-electron chi connectivity index (χ4n) is 2.84. The van der Waals surface area contributed by atoms with Gasteiger partial charge in [-0.15, -0.1) is 0 Å². The molecule has 1 aliphatic rings. The molecule has 3 heterocycles. The maximum Gasteiger partial charge on any atom is 0.414 e. The summed E-state index contributed by atoms with van der Waals surface area (Å²) < 4.78 is 39.5. The maximum absolute atomic E-state index is 13.8. The summed E-state index contributed by atoms with van der Waals surface area (Å²) in [5.41, 5.74) is 1.36. The summed E-state index contributed by atoms with van der Waals surface area (Å²) >= 11 is 0. The standard InChI is InChI=1S/C18H14F2N4O4/c19-12-2-3-14(15(20)5-12)16-4-1-11(6-21-16)9-27-13-7-23-8-17(24(25)26)22-18(23)28-10-13/h1-6,8,13H,7,9-10H2/t13-/m0/s1. The lowest BCUT2D eigenvalue weighted by Gasteiger charge is -2.22. The van der Waals surface area contributed by atoms with Gasteiger partial charge in [0.15, 0.2) is 0 Å². The first-order chi connectivity index (χ1) is 13.5. The van der Waals surface area contributed by atoms with Gasteiger partial charge in [-0.3, -0.25) is 9.55 Å². The van der Waals surface area contributed by atoms with Crippen molar-refractivity contribution in [3.8, 4) is 17.3 Å². The van der Waals surface area contributed by atoms with E-state index < -0.39 is 16.6 Å². The highest BCUT2D eigenvalue weighted by molar-refractivity contribution is 5.59. The van der Waals surface area contributed by atoms with Gasteiger partial charge >= 0.3 is 11.8 Å². The Morgan fingerprint density at radius 3 is 2.89 bits per heavy atom. The molecule has 3 aromatic rings. The second kappa shape index (κ2) is 7.31. The number of pyridine rings is 1. The molecule has 10 heteroatoms. The molecule has 1 atom stereocenters. The van der Waals surface area contributed by atoms with E-state index in [-0.39, 0.29) is 36.7 Å². The Hall–Kier alpha value is -3.40. The summed E-state index contributed by atoms with van der Waals surface area (Å²) in [6.07, 6.45) is 2.55. The Kier molecular flexibility index (Phi) is 4.70. The van der Waals surface area contributed by atoms with Gasteiger partial charge in [0.1, 0.15) is 30.5 Å². The van der Waals surface area contributed by atoms with Crippen molar-refractivity contribution in [1.29, 1.82) is 0 Å². The number of ether oxygens (including phenoxy) is 2. The Morgan fingerprint density at radius 1 is 1.32 bits per heavy atom. The molecule has 0 amide bonds. The third-order valence-electron chi connectivity index (χ3n) is 4.23. The number of hydrogen-bond acceptors (Lipinski definition) is 6. The Labute approximate surface area is 157 Å². The molecule has 8 nitrogen and oxygen atoms in total. The van der Waals surface area contributed by atoms with Crippen molar-refractivity contribution in [2.24, 2.45) is 0 Å². The van der Waals surface area contributed by atoms with Crippen LogP contribution >= 0.6 is 0 Å². The van der Waals surface area contributed by atoms with Crippen molar-refractivity contribution in [3.63, 3.8) is 0 Å². The molecule has 0 N–H and O–H groups in total. The van der Waals surface area contributed by atoms with Gasteiger partial charge in [0.05, 0.1) is 18.8 Å². The zero-order valence-electron chi connectivity index (χ0n) is 14.4. The summed E-state index contributed by atoms with van der Waals surface area (Å²) in [7, 11) is 0. The zero-order valence-corrected chi connectivity index (χ0v) is 14.4. The number of nitro groups is 1. The largest absolute Gasteiger partial charge is 0.443 e. The summed E-state index contributed by atoms with van der Waals surface area (Å²) in [6, 6.07) is 6.89. The predicted octanol–water partition coefficient (Wildman–Crippen LogP) is 3.11. The second-order valence-corrected chi connectivity index (χ2v) is 6.21. The first-order valence-corrected chi connectivity index (χ1v) is 8.36. The summed E-state index contributed by atoms with van der Waals surface area (Å²) in [5.74, 6) is -1.60. The van der Waals surface area contributed by atoms with E-state index in [1.165, 1.54) is 22.9 Å². The van der Waals surface area contributed by atoms with Crippen LogP contribution in [0.2, 0.25) is 0 Å². The van der Waals surface area contributed by atoms with Crippen LogP contribution in [0.4, 0.5) is 14.6 Å². The van der Waals surface area contributed by atoms with Crippen molar-refractivity contribution in [2.75, 3.05) is 6.61 Å². The SMILES string of the molecule is O=[N+]([O-])c1cn2c(n1)OC[C@@H](OCc1ccc(-c3ccc(F)cc3F)nc1)C2. The summed E-state index contributed by atoms with van der Waals surface area (Å²) in [5, 5.41) is 10.8. The first-order valence-electron chi connectivity index (χ1n) is 8.36.